The number of nitrogens with zero attached hydrogens (tertiary/aromatic N) is 2. The van der Waals surface area contributed by atoms with Crippen molar-refractivity contribution >= 4 is 10.9 Å². The Morgan fingerprint density at radius 1 is 1.33 bits per heavy atom. The van der Waals surface area contributed by atoms with Gasteiger partial charge in [-0.1, -0.05) is 18.2 Å². The SMILES string of the molecule is CNC(c1cn(C)c2ccccc12)C(C)(C)C#N. The van der Waals surface area contributed by atoms with Gasteiger partial charge in [-0.05, 0) is 32.5 Å². The molecule has 1 atom stereocenters. The molecule has 1 heterocycles. The zero-order chi connectivity index (χ0) is 13.3. The molecule has 1 unspecified atom stereocenters. The summed E-state index contributed by atoms with van der Waals surface area (Å²) in [6, 6.07) is 10.7. The summed E-state index contributed by atoms with van der Waals surface area (Å²) >= 11 is 0. The maximum Gasteiger partial charge on any atom is 0.0712 e. The van der Waals surface area contributed by atoms with E-state index in [1.807, 2.05) is 40.1 Å². The lowest BCUT2D eigenvalue weighted by atomic mass is 9.82. The topological polar surface area (TPSA) is 40.8 Å². The fraction of sp³-hybridized carbons (Fsp3) is 0.400. The summed E-state index contributed by atoms with van der Waals surface area (Å²) in [4.78, 5) is 0. The number of aromatic nitrogens is 1. The smallest absolute Gasteiger partial charge is 0.0712 e. The van der Waals surface area contributed by atoms with Gasteiger partial charge >= 0.3 is 0 Å². The van der Waals surface area contributed by atoms with E-state index in [4.69, 9.17) is 0 Å². The molecule has 3 nitrogen and oxygen atoms in total. The molecular weight excluding hydrogens is 222 g/mol. The van der Waals surface area contributed by atoms with Crippen molar-refractivity contribution in [2.75, 3.05) is 7.05 Å². The van der Waals surface area contributed by atoms with Crippen molar-refractivity contribution in [3.05, 3.63) is 36.0 Å². The van der Waals surface area contributed by atoms with Gasteiger partial charge in [-0.3, -0.25) is 0 Å². The first-order valence-corrected chi connectivity index (χ1v) is 6.13. The Labute approximate surface area is 108 Å². The van der Waals surface area contributed by atoms with Crippen LogP contribution in [0.3, 0.4) is 0 Å². The molecule has 0 fully saturated rings. The molecule has 0 aliphatic heterocycles. The van der Waals surface area contributed by atoms with E-state index in [-0.39, 0.29) is 6.04 Å². The number of para-hydroxylation sites is 1. The second-order valence-corrected chi connectivity index (χ2v) is 5.27. The lowest BCUT2D eigenvalue weighted by Crippen LogP contribution is -2.30. The van der Waals surface area contributed by atoms with Crippen molar-refractivity contribution in [2.24, 2.45) is 12.5 Å². The highest BCUT2D eigenvalue weighted by Crippen LogP contribution is 2.36. The molecule has 1 aromatic carbocycles. The third kappa shape index (κ3) is 1.89. The predicted octanol–water partition coefficient (Wildman–Crippen LogP) is 2.99. The van der Waals surface area contributed by atoms with Crippen molar-refractivity contribution in [2.45, 2.75) is 19.9 Å². The Hall–Kier alpha value is -1.79. The van der Waals surface area contributed by atoms with Gasteiger partial charge in [0, 0.05) is 24.1 Å². The zero-order valence-corrected chi connectivity index (χ0v) is 11.4. The summed E-state index contributed by atoms with van der Waals surface area (Å²) in [5, 5.41) is 13.8. The summed E-state index contributed by atoms with van der Waals surface area (Å²) in [7, 11) is 3.95. The van der Waals surface area contributed by atoms with E-state index in [0.29, 0.717) is 0 Å². The number of aryl methyl sites for hydroxylation is 1. The highest BCUT2D eigenvalue weighted by Gasteiger charge is 2.31. The first-order valence-electron chi connectivity index (χ1n) is 6.13. The van der Waals surface area contributed by atoms with Gasteiger partial charge in [0.25, 0.3) is 0 Å². The minimum atomic E-state index is -0.446. The molecule has 0 spiro atoms. The van der Waals surface area contributed by atoms with Gasteiger partial charge in [0.05, 0.1) is 17.5 Å². The van der Waals surface area contributed by atoms with Gasteiger partial charge in [-0.2, -0.15) is 5.26 Å². The van der Waals surface area contributed by atoms with Crippen LogP contribution in [-0.2, 0) is 7.05 Å². The van der Waals surface area contributed by atoms with Crippen molar-refractivity contribution in [3.8, 4) is 6.07 Å². The van der Waals surface area contributed by atoms with E-state index in [9.17, 15) is 5.26 Å². The summed E-state index contributed by atoms with van der Waals surface area (Å²) in [6.07, 6.45) is 2.12. The zero-order valence-electron chi connectivity index (χ0n) is 11.4. The van der Waals surface area contributed by atoms with Gasteiger partial charge in [-0.25, -0.2) is 0 Å². The number of fused-ring (bicyclic) bond motifs is 1. The van der Waals surface area contributed by atoms with Crippen molar-refractivity contribution in [1.29, 1.82) is 5.26 Å². The molecule has 3 heteroatoms. The van der Waals surface area contributed by atoms with E-state index >= 15 is 0 Å². The van der Waals surface area contributed by atoms with Crippen LogP contribution < -0.4 is 5.32 Å². The van der Waals surface area contributed by atoms with Crippen LogP contribution in [0.1, 0.15) is 25.5 Å². The van der Waals surface area contributed by atoms with Crippen LogP contribution in [0.15, 0.2) is 30.5 Å². The molecule has 0 bridgehead atoms. The fourth-order valence-corrected chi connectivity index (χ4v) is 2.57. The molecule has 0 saturated carbocycles. The highest BCUT2D eigenvalue weighted by molar-refractivity contribution is 5.84. The monoisotopic (exact) mass is 241 g/mol. The molecular formula is C15H19N3. The minimum absolute atomic E-state index is 0.0219. The molecule has 2 rings (SSSR count). The third-order valence-corrected chi connectivity index (χ3v) is 3.54. The molecule has 2 aromatic rings. The van der Waals surface area contributed by atoms with Crippen molar-refractivity contribution in [1.82, 2.24) is 9.88 Å². The fourth-order valence-electron chi connectivity index (χ4n) is 2.57. The van der Waals surface area contributed by atoms with Gasteiger partial charge in [-0.15, -0.1) is 0 Å². The van der Waals surface area contributed by atoms with Gasteiger partial charge in [0.1, 0.15) is 0 Å². The highest BCUT2D eigenvalue weighted by atomic mass is 15.0. The number of benzene rings is 1. The van der Waals surface area contributed by atoms with E-state index in [2.05, 4.69) is 34.3 Å². The molecule has 0 amide bonds. The van der Waals surface area contributed by atoms with Crippen LogP contribution in [0.4, 0.5) is 0 Å². The summed E-state index contributed by atoms with van der Waals surface area (Å²) in [5.74, 6) is 0. The Bertz CT molecular complexity index is 602. The molecule has 0 saturated heterocycles. The van der Waals surface area contributed by atoms with Crippen LogP contribution in [0, 0.1) is 16.7 Å². The minimum Gasteiger partial charge on any atom is -0.350 e. The van der Waals surface area contributed by atoms with E-state index in [0.717, 1.165) is 0 Å². The first-order chi connectivity index (χ1) is 8.51. The number of nitrogens with one attached hydrogen (secondary N) is 1. The van der Waals surface area contributed by atoms with Crippen LogP contribution in [-0.4, -0.2) is 11.6 Å². The van der Waals surface area contributed by atoms with E-state index in [1.165, 1.54) is 16.5 Å². The molecule has 1 N–H and O–H groups in total. The maximum absolute atomic E-state index is 9.34. The second kappa shape index (κ2) is 4.47. The average molecular weight is 241 g/mol. The van der Waals surface area contributed by atoms with E-state index < -0.39 is 5.41 Å². The van der Waals surface area contributed by atoms with Gasteiger partial charge in [0.15, 0.2) is 0 Å². The maximum atomic E-state index is 9.34. The standard InChI is InChI=1S/C15H19N3/c1-15(2,10-16)14(17-3)12-9-18(4)13-8-6-5-7-11(12)13/h5-9,14,17H,1-4H3. The summed E-state index contributed by atoms with van der Waals surface area (Å²) in [5.41, 5.74) is 1.93. The van der Waals surface area contributed by atoms with Crippen LogP contribution >= 0.6 is 0 Å². The number of rotatable bonds is 3. The van der Waals surface area contributed by atoms with Crippen molar-refractivity contribution in [3.63, 3.8) is 0 Å². The first kappa shape index (κ1) is 12.7. The predicted molar refractivity (Wildman–Crippen MR) is 74.1 cm³/mol. The van der Waals surface area contributed by atoms with Gasteiger partial charge in [0.2, 0.25) is 0 Å². The van der Waals surface area contributed by atoms with Crippen LogP contribution in [0.5, 0.6) is 0 Å². The quantitative estimate of drug-likeness (QED) is 0.897. The molecule has 18 heavy (non-hydrogen) atoms. The second-order valence-electron chi connectivity index (χ2n) is 5.27. The van der Waals surface area contributed by atoms with Crippen molar-refractivity contribution < 1.29 is 0 Å². The lowest BCUT2D eigenvalue weighted by Gasteiger charge is -2.27. The van der Waals surface area contributed by atoms with E-state index in [1.54, 1.807) is 0 Å². The largest absolute Gasteiger partial charge is 0.350 e. The Kier molecular flexibility index (Phi) is 3.14. The van der Waals surface area contributed by atoms with Crippen LogP contribution in [0.25, 0.3) is 10.9 Å². The Balaban J connectivity index is 2.64. The van der Waals surface area contributed by atoms with Crippen LogP contribution in [0.2, 0.25) is 0 Å². The number of nitriles is 1. The number of hydrogen-bond donors (Lipinski definition) is 1. The Morgan fingerprint density at radius 2 is 2.00 bits per heavy atom. The average Bonchev–Trinajstić information content (AvgIpc) is 2.68. The summed E-state index contributed by atoms with van der Waals surface area (Å²) in [6.45, 7) is 3.94. The molecule has 0 aliphatic rings. The molecule has 0 radical (unpaired) electrons. The lowest BCUT2D eigenvalue weighted by molar-refractivity contribution is 0.345. The molecule has 1 aromatic heterocycles. The molecule has 0 aliphatic carbocycles. The summed E-state index contributed by atoms with van der Waals surface area (Å²) < 4.78 is 2.11. The number of hydrogen-bond acceptors (Lipinski definition) is 2. The normalized spacial score (nSPS) is 13.5. The van der Waals surface area contributed by atoms with Gasteiger partial charge < -0.3 is 9.88 Å². The Morgan fingerprint density at radius 3 is 2.61 bits per heavy atom. The molecule has 94 valence electrons. The third-order valence-electron chi connectivity index (χ3n) is 3.54.